The van der Waals surface area contributed by atoms with Gasteiger partial charge in [-0.25, -0.2) is 13.8 Å². The Morgan fingerprint density at radius 1 is 1.22 bits per heavy atom. The lowest BCUT2D eigenvalue weighted by molar-refractivity contribution is -0.137. The van der Waals surface area contributed by atoms with Crippen LogP contribution in [0.5, 0.6) is 0 Å². The molecule has 1 aromatic heterocycles. The average Bonchev–Trinajstić information content (AvgIpc) is 2.73. The van der Waals surface area contributed by atoms with Crippen molar-refractivity contribution in [2.24, 2.45) is 0 Å². The Hall–Kier alpha value is -2.29. The summed E-state index contributed by atoms with van der Waals surface area (Å²) in [4.78, 5) is 28.5. The molecular formula is C22H17BrCl2F2N2O3. The maximum atomic E-state index is 14.5. The number of fused-ring (bicyclic) bond motifs is 1. The smallest absolute Gasteiger partial charge is 0.303 e. The van der Waals surface area contributed by atoms with E-state index in [1.165, 1.54) is 6.07 Å². The molecule has 0 bridgehead atoms. The van der Waals surface area contributed by atoms with Gasteiger partial charge in [0.25, 0.3) is 5.91 Å². The summed E-state index contributed by atoms with van der Waals surface area (Å²) in [7, 11) is 0. The van der Waals surface area contributed by atoms with Crippen LogP contribution in [0.3, 0.4) is 0 Å². The second-order valence-corrected chi connectivity index (χ2v) is 8.84. The lowest BCUT2D eigenvalue weighted by atomic mass is 9.93. The van der Waals surface area contributed by atoms with E-state index in [2.05, 4.69) is 26.2 Å². The van der Waals surface area contributed by atoms with Crippen LogP contribution in [-0.4, -0.2) is 28.5 Å². The van der Waals surface area contributed by atoms with Crippen molar-refractivity contribution >= 4 is 61.9 Å². The van der Waals surface area contributed by atoms with E-state index in [0.717, 1.165) is 10.5 Å². The van der Waals surface area contributed by atoms with E-state index in [1.807, 2.05) is 0 Å². The largest absolute Gasteiger partial charge is 0.481 e. The van der Waals surface area contributed by atoms with Crippen LogP contribution in [0.1, 0.15) is 40.2 Å². The third-order valence-corrected chi connectivity index (χ3v) is 6.25. The van der Waals surface area contributed by atoms with Crippen molar-refractivity contribution < 1.29 is 23.5 Å². The first-order chi connectivity index (χ1) is 15.1. The maximum absolute atomic E-state index is 14.5. The van der Waals surface area contributed by atoms with Crippen molar-refractivity contribution in [2.45, 2.75) is 25.7 Å². The van der Waals surface area contributed by atoms with Gasteiger partial charge >= 0.3 is 5.97 Å². The molecule has 2 N–H and O–H groups in total. The number of hydrogen-bond donors (Lipinski definition) is 2. The number of nitrogens with one attached hydrogen (secondary N) is 1. The molecule has 32 heavy (non-hydrogen) atoms. The molecule has 0 saturated heterocycles. The number of rotatable bonds is 7. The molecule has 168 valence electrons. The van der Waals surface area contributed by atoms with Gasteiger partial charge in [-0.05, 0) is 49.2 Å². The van der Waals surface area contributed by atoms with E-state index in [1.54, 1.807) is 25.1 Å². The van der Waals surface area contributed by atoms with Gasteiger partial charge in [0.1, 0.15) is 5.15 Å². The first kappa shape index (κ1) is 24.4. The molecule has 1 heterocycles. The summed E-state index contributed by atoms with van der Waals surface area (Å²) in [6.07, 6.45) is -0.374. The van der Waals surface area contributed by atoms with Crippen LogP contribution in [-0.2, 0) is 4.79 Å². The predicted molar refractivity (Wildman–Crippen MR) is 123 cm³/mol. The zero-order valence-corrected chi connectivity index (χ0v) is 19.8. The van der Waals surface area contributed by atoms with E-state index in [9.17, 15) is 18.4 Å². The Kier molecular flexibility index (Phi) is 7.69. The highest BCUT2D eigenvalue weighted by molar-refractivity contribution is 9.10. The van der Waals surface area contributed by atoms with E-state index in [0.29, 0.717) is 16.5 Å². The number of aliphatic carboxylic acids is 1. The first-order valence-corrected chi connectivity index (χ1v) is 11.0. The van der Waals surface area contributed by atoms with Crippen molar-refractivity contribution in [2.75, 3.05) is 6.54 Å². The molecule has 3 aromatic rings. The highest BCUT2D eigenvalue weighted by Gasteiger charge is 2.25. The number of hydrogen-bond acceptors (Lipinski definition) is 3. The summed E-state index contributed by atoms with van der Waals surface area (Å²) >= 11 is 15.7. The lowest BCUT2D eigenvalue weighted by Gasteiger charge is -2.20. The minimum Gasteiger partial charge on any atom is -0.481 e. The number of nitrogens with zero attached hydrogens (tertiary/aromatic N) is 1. The second-order valence-electron chi connectivity index (χ2n) is 7.16. The van der Waals surface area contributed by atoms with Crippen LogP contribution in [0.2, 0.25) is 10.2 Å². The topological polar surface area (TPSA) is 79.3 Å². The number of carboxylic acid groups (broad SMARTS) is 1. The third kappa shape index (κ3) is 5.19. The van der Waals surface area contributed by atoms with Crippen molar-refractivity contribution in [1.29, 1.82) is 0 Å². The molecule has 0 aliphatic carbocycles. The Balaban J connectivity index is 1.96. The van der Waals surface area contributed by atoms with Crippen LogP contribution in [0.15, 0.2) is 34.8 Å². The van der Waals surface area contributed by atoms with Gasteiger partial charge in [0.05, 0.1) is 11.1 Å². The van der Waals surface area contributed by atoms with Crippen LogP contribution in [0.4, 0.5) is 8.78 Å². The first-order valence-electron chi connectivity index (χ1n) is 9.48. The Labute approximate surface area is 200 Å². The molecule has 0 saturated carbocycles. The zero-order chi connectivity index (χ0) is 23.6. The van der Waals surface area contributed by atoms with Gasteiger partial charge in [-0.2, -0.15) is 0 Å². The second kappa shape index (κ2) is 10.1. The summed E-state index contributed by atoms with van der Waals surface area (Å²) < 4.78 is 29.1. The quantitative estimate of drug-likeness (QED) is 0.271. The van der Waals surface area contributed by atoms with Crippen LogP contribution < -0.4 is 5.32 Å². The molecule has 1 atom stereocenters. The summed E-state index contributed by atoms with van der Waals surface area (Å²) in [5.41, 5.74) is 1.07. The van der Waals surface area contributed by atoms with E-state index in [4.69, 9.17) is 28.3 Å². The number of halogens is 5. The summed E-state index contributed by atoms with van der Waals surface area (Å²) in [6.45, 7) is 1.48. The molecule has 0 spiro atoms. The average molecular weight is 546 g/mol. The van der Waals surface area contributed by atoms with Gasteiger partial charge in [-0.15, -0.1) is 0 Å². The number of benzene rings is 2. The van der Waals surface area contributed by atoms with Crippen molar-refractivity contribution in [1.82, 2.24) is 10.3 Å². The van der Waals surface area contributed by atoms with Gasteiger partial charge in [0, 0.05) is 39.3 Å². The minimum absolute atomic E-state index is 0.0499. The standard InChI is InChI=1S/C22H17BrCl2F2N2O3/c1-10-18(13-8-12(23)3-6-16(13)29-21(10)25)22(32)28-9-11(2-7-17(30)31)19-14(24)4-5-15(26)20(19)27/h3-6,8,11H,2,7,9H2,1H3,(H,28,32)(H,30,31). The normalized spacial score (nSPS) is 12.1. The van der Waals surface area contributed by atoms with Gasteiger partial charge < -0.3 is 10.4 Å². The molecule has 1 unspecified atom stereocenters. The number of aromatic nitrogens is 1. The summed E-state index contributed by atoms with van der Waals surface area (Å²) in [6, 6.07) is 7.28. The molecule has 0 radical (unpaired) electrons. The fraction of sp³-hybridized carbons (Fsp3) is 0.227. The zero-order valence-electron chi connectivity index (χ0n) is 16.7. The summed E-state index contributed by atoms with van der Waals surface area (Å²) in [5.74, 6) is -4.76. The van der Waals surface area contributed by atoms with Gasteiger partial charge in [0.15, 0.2) is 11.6 Å². The third-order valence-electron chi connectivity index (χ3n) is 5.06. The maximum Gasteiger partial charge on any atom is 0.303 e. The van der Waals surface area contributed by atoms with Gasteiger partial charge in [0.2, 0.25) is 0 Å². The molecule has 0 aliphatic heterocycles. The van der Waals surface area contributed by atoms with E-state index in [-0.39, 0.29) is 40.7 Å². The molecule has 0 fully saturated rings. The molecular weight excluding hydrogens is 529 g/mol. The van der Waals surface area contributed by atoms with Crippen LogP contribution >= 0.6 is 39.1 Å². The fourth-order valence-electron chi connectivity index (χ4n) is 3.46. The Bertz CT molecular complexity index is 1220. The number of carbonyl (C=O) groups is 2. The predicted octanol–water partition coefficient (Wildman–Crippen LogP) is 6.27. The summed E-state index contributed by atoms with van der Waals surface area (Å²) in [5, 5.41) is 12.4. The van der Waals surface area contributed by atoms with E-state index >= 15 is 0 Å². The Morgan fingerprint density at radius 2 is 1.94 bits per heavy atom. The minimum atomic E-state index is -1.17. The molecule has 0 aliphatic rings. The Morgan fingerprint density at radius 3 is 2.62 bits per heavy atom. The highest BCUT2D eigenvalue weighted by Crippen LogP contribution is 2.32. The van der Waals surface area contributed by atoms with Crippen LogP contribution in [0, 0.1) is 18.6 Å². The molecule has 10 heteroatoms. The van der Waals surface area contributed by atoms with Crippen molar-refractivity contribution in [3.05, 3.63) is 73.3 Å². The van der Waals surface area contributed by atoms with Crippen LogP contribution in [0.25, 0.3) is 10.9 Å². The molecule has 5 nitrogen and oxygen atoms in total. The monoisotopic (exact) mass is 544 g/mol. The molecule has 2 aromatic carbocycles. The molecule has 1 amide bonds. The molecule has 3 rings (SSSR count). The van der Waals surface area contributed by atoms with E-state index < -0.39 is 29.4 Å². The SMILES string of the molecule is Cc1c(Cl)nc2ccc(Br)cc2c1C(=O)NCC(CCC(=O)O)c1c(Cl)ccc(F)c1F. The van der Waals surface area contributed by atoms with Crippen molar-refractivity contribution in [3.63, 3.8) is 0 Å². The van der Waals surface area contributed by atoms with Gasteiger partial charge in [-0.3, -0.25) is 9.59 Å². The number of amides is 1. The van der Waals surface area contributed by atoms with Gasteiger partial charge in [-0.1, -0.05) is 39.1 Å². The number of carbonyl (C=O) groups excluding carboxylic acids is 1. The number of pyridine rings is 1. The van der Waals surface area contributed by atoms with Crippen molar-refractivity contribution in [3.8, 4) is 0 Å². The fourth-order valence-corrected chi connectivity index (χ4v) is 4.31. The highest BCUT2D eigenvalue weighted by atomic mass is 79.9. The number of carboxylic acids is 1. The lowest BCUT2D eigenvalue weighted by Crippen LogP contribution is -2.30.